The van der Waals surface area contributed by atoms with Crippen molar-refractivity contribution in [2.24, 2.45) is 5.14 Å². The van der Waals surface area contributed by atoms with Gasteiger partial charge in [0.05, 0.1) is 9.82 Å². The maximum atomic E-state index is 11.4. The number of nitrogens with two attached hydrogens (primary N) is 1. The van der Waals surface area contributed by atoms with Crippen LogP contribution in [0, 0.1) is 17.0 Å². The van der Waals surface area contributed by atoms with Crippen molar-refractivity contribution in [2.45, 2.75) is 25.2 Å². The Morgan fingerprint density at radius 1 is 1.50 bits per heavy atom. The third kappa shape index (κ3) is 3.78. The summed E-state index contributed by atoms with van der Waals surface area (Å²) in [5.74, 6) is -0.00509. The fourth-order valence-corrected chi connectivity index (χ4v) is 2.28. The van der Waals surface area contributed by atoms with E-state index in [0.717, 1.165) is 11.6 Å². The standard InChI is InChI=1S/C12H16N2O5S/c1-4-8(2)7-19-11-5-9(3)12(20(13,17)18)6-10(11)14(15)16/h5-6H,2,4,7H2,1,3H3,(H2,13,17,18). The number of primary sulfonamides is 1. The molecule has 0 unspecified atom stereocenters. The second-order valence-electron chi connectivity index (χ2n) is 4.28. The molecule has 7 nitrogen and oxygen atoms in total. The van der Waals surface area contributed by atoms with Gasteiger partial charge in [-0.1, -0.05) is 13.5 Å². The average Bonchev–Trinajstić information content (AvgIpc) is 2.33. The topological polar surface area (TPSA) is 113 Å². The minimum atomic E-state index is -4.02. The molecule has 0 heterocycles. The van der Waals surface area contributed by atoms with E-state index in [1.165, 1.54) is 13.0 Å². The molecule has 0 aliphatic carbocycles. The predicted molar refractivity (Wildman–Crippen MR) is 74.1 cm³/mol. The summed E-state index contributed by atoms with van der Waals surface area (Å²) < 4.78 is 28.0. The number of nitrogens with zero attached hydrogens (tertiary/aromatic N) is 1. The van der Waals surface area contributed by atoms with E-state index in [4.69, 9.17) is 9.88 Å². The van der Waals surface area contributed by atoms with Crippen LogP contribution in [0.1, 0.15) is 18.9 Å². The highest BCUT2D eigenvalue weighted by molar-refractivity contribution is 7.89. The van der Waals surface area contributed by atoms with Gasteiger partial charge in [0.15, 0.2) is 5.75 Å². The molecular formula is C12H16N2O5S. The minimum absolute atomic E-state index is 0.00509. The molecule has 8 heteroatoms. The zero-order valence-corrected chi connectivity index (χ0v) is 12.1. The second kappa shape index (κ2) is 6.02. The van der Waals surface area contributed by atoms with Gasteiger partial charge >= 0.3 is 5.69 Å². The Kier molecular flexibility index (Phi) is 4.85. The van der Waals surface area contributed by atoms with E-state index in [2.05, 4.69) is 6.58 Å². The maximum absolute atomic E-state index is 11.4. The molecule has 1 rings (SSSR count). The molecule has 0 spiro atoms. The van der Waals surface area contributed by atoms with Crippen molar-refractivity contribution in [3.05, 3.63) is 40.0 Å². The summed E-state index contributed by atoms with van der Waals surface area (Å²) >= 11 is 0. The fraction of sp³-hybridized carbons (Fsp3) is 0.333. The van der Waals surface area contributed by atoms with E-state index >= 15 is 0 Å². The summed E-state index contributed by atoms with van der Waals surface area (Å²) in [5.41, 5.74) is 0.617. The van der Waals surface area contributed by atoms with Crippen LogP contribution in [0.25, 0.3) is 0 Å². The van der Waals surface area contributed by atoms with E-state index < -0.39 is 20.6 Å². The number of hydrogen-bond donors (Lipinski definition) is 1. The second-order valence-corrected chi connectivity index (χ2v) is 5.81. The zero-order chi connectivity index (χ0) is 15.5. The molecule has 0 radical (unpaired) electrons. The monoisotopic (exact) mass is 300 g/mol. The smallest absolute Gasteiger partial charge is 0.312 e. The highest BCUT2D eigenvalue weighted by Gasteiger charge is 2.22. The molecule has 0 amide bonds. The largest absolute Gasteiger partial charge is 0.482 e. The number of aryl methyl sites for hydroxylation is 1. The van der Waals surface area contributed by atoms with Crippen LogP contribution < -0.4 is 9.88 Å². The molecule has 20 heavy (non-hydrogen) atoms. The Hall–Kier alpha value is -1.93. The summed E-state index contributed by atoms with van der Waals surface area (Å²) in [5, 5.41) is 16.0. The molecule has 110 valence electrons. The van der Waals surface area contributed by atoms with Crippen molar-refractivity contribution in [1.82, 2.24) is 0 Å². The van der Waals surface area contributed by atoms with Gasteiger partial charge in [0.25, 0.3) is 0 Å². The van der Waals surface area contributed by atoms with E-state index in [1.807, 2.05) is 6.92 Å². The maximum Gasteiger partial charge on any atom is 0.312 e. The van der Waals surface area contributed by atoms with E-state index in [0.29, 0.717) is 6.42 Å². The first kappa shape index (κ1) is 16.1. The van der Waals surface area contributed by atoms with Gasteiger partial charge in [-0.05, 0) is 30.5 Å². The highest BCUT2D eigenvalue weighted by atomic mass is 32.2. The number of benzene rings is 1. The van der Waals surface area contributed by atoms with Crippen LogP contribution in [0.15, 0.2) is 29.2 Å². The van der Waals surface area contributed by atoms with Crippen molar-refractivity contribution in [3.63, 3.8) is 0 Å². The van der Waals surface area contributed by atoms with Gasteiger partial charge in [-0.25, -0.2) is 13.6 Å². The van der Waals surface area contributed by atoms with E-state index in [9.17, 15) is 18.5 Å². The number of nitro benzene ring substituents is 1. The zero-order valence-electron chi connectivity index (χ0n) is 11.3. The molecular weight excluding hydrogens is 284 g/mol. The van der Waals surface area contributed by atoms with Crippen LogP contribution in [0.4, 0.5) is 5.69 Å². The van der Waals surface area contributed by atoms with Crippen LogP contribution in [0.3, 0.4) is 0 Å². The average molecular weight is 300 g/mol. The van der Waals surface area contributed by atoms with Gasteiger partial charge in [0.2, 0.25) is 10.0 Å². The van der Waals surface area contributed by atoms with Crippen molar-refractivity contribution in [3.8, 4) is 5.75 Å². The lowest BCUT2D eigenvalue weighted by Crippen LogP contribution is -2.14. The molecule has 0 fully saturated rings. The van der Waals surface area contributed by atoms with Crippen LogP contribution in [0.5, 0.6) is 5.75 Å². The lowest BCUT2D eigenvalue weighted by Gasteiger charge is -2.10. The van der Waals surface area contributed by atoms with Gasteiger partial charge in [-0.2, -0.15) is 0 Å². The molecule has 1 aromatic carbocycles. The van der Waals surface area contributed by atoms with Gasteiger partial charge in [0, 0.05) is 6.07 Å². The van der Waals surface area contributed by atoms with Crippen LogP contribution in [-0.2, 0) is 10.0 Å². The molecule has 0 saturated heterocycles. The summed E-state index contributed by atoms with van der Waals surface area (Å²) in [6.45, 7) is 7.24. The lowest BCUT2D eigenvalue weighted by molar-refractivity contribution is -0.386. The highest BCUT2D eigenvalue weighted by Crippen LogP contribution is 2.32. The van der Waals surface area contributed by atoms with Crippen molar-refractivity contribution >= 4 is 15.7 Å². The summed E-state index contributed by atoms with van der Waals surface area (Å²) in [7, 11) is -4.02. The first-order valence-corrected chi connectivity index (χ1v) is 7.32. The van der Waals surface area contributed by atoms with Crippen LogP contribution in [-0.4, -0.2) is 19.9 Å². The molecule has 0 aliphatic heterocycles. The van der Waals surface area contributed by atoms with Crippen molar-refractivity contribution in [2.75, 3.05) is 6.61 Å². The lowest BCUT2D eigenvalue weighted by atomic mass is 10.2. The first-order chi connectivity index (χ1) is 9.16. The Bertz CT molecular complexity index is 652. The summed E-state index contributed by atoms with van der Waals surface area (Å²) in [6.07, 6.45) is 0.683. The number of rotatable bonds is 6. The Morgan fingerprint density at radius 3 is 2.55 bits per heavy atom. The molecule has 0 bridgehead atoms. The summed E-state index contributed by atoms with van der Waals surface area (Å²) in [4.78, 5) is 10.00. The summed E-state index contributed by atoms with van der Waals surface area (Å²) in [6, 6.07) is 2.20. The van der Waals surface area contributed by atoms with Crippen molar-refractivity contribution in [1.29, 1.82) is 0 Å². The minimum Gasteiger partial charge on any atom is -0.482 e. The third-order valence-electron chi connectivity index (χ3n) is 2.69. The van der Waals surface area contributed by atoms with Gasteiger partial charge < -0.3 is 4.74 Å². The first-order valence-electron chi connectivity index (χ1n) is 5.78. The van der Waals surface area contributed by atoms with E-state index in [1.54, 1.807) is 0 Å². The molecule has 1 aromatic rings. The van der Waals surface area contributed by atoms with Crippen LogP contribution >= 0.6 is 0 Å². The third-order valence-corrected chi connectivity index (χ3v) is 3.74. The predicted octanol–water partition coefficient (Wildman–Crippen LogP) is 1.90. The van der Waals surface area contributed by atoms with Gasteiger partial charge in [-0.15, -0.1) is 0 Å². The van der Waals surface area contributed by atoms with Gasteiger partial charge in [-0.3, -0.25) is 10.1 Å². The van der Waals surface area contributed by atoms with Crippen molar-refractivity contribution < 1.29 is 18.1 Å². The number of ether oxygens (including phenoxy) is 1. The number of hydrogen-bond acceptors (Lipinski definition) is 5. The van der Waals surface area contributed by atoms with Gasteiger partial charge in [0.1, 0.15) is 6.61 Å². The van der Waals surface area contributed by atoms with Crippen LogP contribution in [0.2, 0.25) is 0 Å². The Balaban J connectivity index is 3.29. The number of sulfonamides is 1. The van der Waals surface area contributed by atoms with E-state index in [-0.39, 0.29) is 22.8 Å². The Labute approximate surface area is 117 Å². The normalized spacial score (nSPS) is 11.2. The SMILES string of the molecule is C=C(CC)COc1cc(C)c(S(N)(=O)=O)cc1[N+](=O)[O-]. The molecule has 0 saturated carbocycles. The molecule has 2 N–H and O–H groups in total. The number of nitro groups is 1. The fourth-order valence-electron chi connectivity index (χ4n) is 1.50. The molecule has 0 atom stereocenters. The molecule has 0 aromatic heterocycles. The Morgan fingerprint density at radius 2 is 2.10 bits per heavy atom. The molecule has 0 aliphatic rings. The quantitative estimate of drug-likeness (QED) is 0.489.